The molecule has 100 valence electrons. The average Bonchev–Trinajstić information content (AvgIpc) is 2.63. The summed E-state index contributed by atoms with van der Waals surface area (Å²) in [7, 11) is -1.81. The van der Waals surface area contributed by atoms with Gasteiger partial charge in [-0.3, -0.25) is 4.31 Å². The van der Waals surface area contributed by atoms with Crippen molar-refractivity contribution in [2.45, 2.75) is 18.6 Å². The van der Waals surface area contributed by atoms with E-state index in [1.54, 1.807) is 6.07 Å². The molecule has 6 heteroatoms. The van der Waals surface area contributed by atoms with Crippen LogP contribution in [0.15, 0.2) is 18.2 Å². The van der Waals surface area contributed by atoms with Gasteiger partial charge in [-0.25, -0.2) is 8.42 Å². The molecule has 1 aromatic carbocycles. The first-order valence-corrected chi connectivity index (χ1v) is 7.37. The van der Waals surface area contributed by atoms with Crippen LogP contribution >= 0.6 is 0 Å². The summed E-state index contributed by atoms with van der Waals surface area (Å²) in [6, 6.07) is 5.51. The topological polar surface area (TPSA) is 72.6 Å². The van der Waals surface area contributed by atoms with Gasteiger partial charge < -0.3 is 10.5 Å². The molecule has 2 N–H and O–H groups in total. The van der Waals surface area contributed by atoms with Crippen molar-refractivity contribution in [1.82, 2.24) is 0 Å². The molecular weight excluding hydrogens is 252 g/mol. The number of nitrogens with two attached hydrogens (primary N) is 1. The molecule has 5 nitrogen and oxygen atoms in total. The number of methoxy groups -OCH3 is 1. The lowest BCUT2D eigenvalue weighted by molar-refractivity contribution is 0.415. The van der Waals surface area contributed by atoms with Crippen LogP contribution in [0.25, 0.3) is 0 Å². The monoisotopic (exact) mass is 270 g/mol. The molecule has 1 aromatic rings. The Bertz CT molecular complexity index is 542. The van der Waals surface area contributed by atoms with E-state index in [0.717, 1.165) is 5.56 Å². The fourth-order valence-electron chi connectivity index (χ4n) is 2.21. The number of anilines is 1. The number of hydrogen-bond acceptors (Lipinski definition) is 4. The van der Waals surface area contributed by atoms with E-state index in [-0.39, 0.29) is 6.54 Å². The minimum Gasteiger partial charge on any atom is -0.495 e. The van der Waals surface area contributed by atoms with E-state index in [0.29, 0.717) is 24.4 Å². The molecule has 0 radical (unpaired) electrons. The van der Waals surface area contributed by atoms with Gasteiger partial charge in [0.05, 0.1) is 18.0 Å². The van der Waals surface area contributed by atoms with Crippen molar-refractivity contribution < 1.29 is 13.2 Å². The smallest absolute Gasteiger partial charge is 0.239 e. The maximum atomic E-state index is 12.3. The summed E-state index contributed by atoms with van der Waals surface area (Å²) in [5.74, 6) is 0.571. The molecule has 0 saturated carbocycles. The number of hydrogen-bond donors (Lipinski definition) is 1. The first-order chi connectivity index (χ1) is 8.50. The third-order valence-corrected chi connectivity index (χ3v) is 5.51. The molecule has 0 spiro atoms. The normalized spacial score (nSPS) is 22.2. The predicted octanol–water partition coefficient (Wildman–Crippen LogP) is 0.871. The van der Waals surface area contributed by atoms with Crippen molar-refractivity contribution in [3.63, 3.8) is 0 Å². The Kier molecular flexibility index (Phi) is 3.49. The first kappa shape index (κ1) is 13.2. The number of nitrogens with zero attached hydrogens (tertiary/aromatic N) is 1. The third kappa shape index (κ3) is 2.06. The van der Waals surface area contributed by atoms with Gasteiger partial charge in [0.1, 0.15) is 5.75 Å². The zero-order valence-electron chi connectivity index (χ0n) is 10.6. The second kappa shape index (κ2) is 4.78. The van der Waals surface area contributed by atoms with E-state index >= 15 is 0 Å². The van der Waals surface area contributed by atoms with Gasteiger partial charge in [0.15, 0.2) is 0 Å². The molecule has 0 bridgehead atoms. The molecular formula is C12H18N2O3S. The summed E-state index contributed by atoms with van der Waals surface area (Å²) in [5.41, 5.74) is 7.12. The molecule has 18 heavy (non-hydrogen) atoms. The van der Waals surface area contributed by atoms with Crippen LogP contribution in [0.1, 0.15) is 12.0 Å². The van der Waals surface area contributed by atoms with Gasteiger partial charge in [0.2, 0.25) is 10.0 Å². The number of rotatable bonds is 3. The fraction of sp³-hybridized carbons (Fsp3) is 0.500. The van der Waals surface area contributed by atoms with Gasteiger partial charge in [-0.1, -0.05) is 6.07 Å². The summed E-state index contributed by atoms with van der Waals surface area (Å²) < 4.78 is 31.2. The van der Waals surface area contributed by atoms with Crippen molar-refractivity contribution in [1.29, 1.82) is 0 Å². The Morgan fingerprint density at radius 1 is 1.50 bits per heavy atom. The van der Waals surface area contributed by atoms with E-state index in [1.807, 2.05) is 19.1 Å². The van der Waals surface area contributed by atoms with Crippen LogP contribution in [-0.4, -0.2) is 33.9 Å². The van der Waals surface area contributed by atoms with Crippen LogP contribution in [0, 0.1) is 6.92 Å². The number of aryl methyl sites for hydroxylation is 1. The van der Waals surface area contributed by atoms with Crippen LogP contribution in [0.5, 0.6) is 5.75 Å². The highest BCUT2D eigenvalue weighted by Gasteiger charge is 2.39. The Hall–Kier alpha value is -1.27. The second-order valence-corrected chi connectivity index (χ2v) is 6.58. The molecule has 1 atom stereocenters. The van der Waals surface area contributed by atoms with Crippen LogP contribution in [0.2, 0.25) is 0 Å². The molecule has 0 aliphatic carbocycles. The lowest BCUT2D eigenvalue weighted by atomic mass is 10.2. The van der Waals surface area contributed by atoms with Crippen molar-refractivity contribution in [2.24, 2.45) is 5.73 Å². The molecule has 1 aliphatic heterocycles. The van der Waals surface area contributed by atoms with Crippen LogP contribution in [0.4, 0.5) is 5.69 Å². The SMILES string of the molecule is COc1ccc(C)cc1N1CC[C@H](CN)S1(=O)=O. The van der Waals surface area contributed by atoms with E-state index < -0.39 is 15.3 Å². The predicted molar refractivity (Wildman–Crippen MR) is 71.5 cm³/mol. The van der Waals surface area contributed by atoms with Gasteiger partial charge in [-0.15, -0.1) is 0 Å². The van der Waals surface area contributed by atoms with Gasteiger partial charge in [0.25, 0.3) is 0 Å². The van der Waals surface area contributed by atoms with E-state index in [1.165, 1.54) is 11.4 Å². The quantitative estimate of drug-likeness (QED) is 0.884. The molecule has 2 rings (SSSR count). The van der Waals surface area contributed by atoms with Gasteiger partial charge in [-0.2, -0.15) is 0 Å². The van der Waals surface area contributed by atoms with Crippen LogP contribution in [0.3, 0.4) is 0 Å². The summed E-state index contributed by atoms with van der Waals surface area (Å²) in [6.45, 7) is 2.54. The standard InChI is InChI=1S/C12H18N2O3S/c1-9-3-4-12(17-2)11(7-9)14-6-5-10(8-13)18(14,15)16/h3-4,7,10H,5-6,8,13H2,1-2H3/t10-/m1/s1. The maximum Gasteiger partial charge on any atom is 0.239 e. The molecule has 1 aliphatic rings. The Morgan fingerprint density at radius 2 is 2.22 bits per heavy atom. The highest BCUT2D eigenvalue weighted by molar-refractivity contribution is 7.93. The van der Waals surface area contributed by atoms with Gasteiger partial charge in [0, 0.05) is 13.1 Å². The summed E-state index contributed by atoms with van der Waals surface area (Å²) >= 11 is 0. The lowest BCUT2D eigenvalue weighted by Gasteiger charge is -2.21. The van der Waals surface area contributed by atoms with Gasteiger partial charge in [-0.05, 0) is 31.0 Å². The van der Waals surface area contributed by atoms with E-state index in [4.69, 9.17) is 10.5 Å². The molecule has 0 aromatic heterocycles. The minimum atomic E-state index is -3.35. The molecule has 0 amide bonds. The van der Waals surface area contributed by atoms with E-state index in [2.05, 4.69) is 0 Å². The minimum absolute atomic E-state index is 0.160. The zero-order chi connectivity index (χ0) is 13.3. The average molecular weight is 270 g/mol. The third-order valence-electron chi connectivity index (χ3n) is 3.25. The van der Waals surface area contributed by atoms with E-state index in [9.17, 15) is 8.42 Å². The second-order valence-electron chi connectivity index (χ2n) is 4.44. The number of sulfonamides is 1. The van der Waals surface area contributed by atoms with Crippen molar-refractivity contribution in [2.75, 3.05) is 24.5 Å². The Labute approximate surface area is 108 Å². The van der Waals surface area contributed by atoms with Crippen LogP contribution < -0.4 is 14.8 Å². The summed E-state index contributed by atoms with van der Waals surface area (Å²) in [4.78, 5) is 0. The van der Waals surface area contributed by atoms with Crippen molar-refractivity contribution >= 4 is 15.7 Å². The highest BCUT2D eigenvalue weighted by Crippen LogP contribution is 2.35. The van der Waals surface area contributed by atoms with Crippen molar-refractivity contribution in [3.8, 4) is 5.75 Å². The summed E-state index contributed by atoms with van der Waals surface area (Å²) in [5, 5.41) is -0.484. The molecule has 0 unspecified atom stereocenters. The maximum absolute atomic E-state index is 12.3. The van der Waals surface area contributed by atoms with Crippen LogP contribution in [-0.2, 0) is 10.0 Å². The number of ether oxygens (including phenoxy) is 1. The molecule has 1 heterocycles. The Balaban J connectivity index is 2.47. The number of benzene rings is 1. The summed E-state index contributed by atoms with van der Waals surface area (Å²) in [6.07, 6.45) is 0.565. The molecule has 1 fully saturated rings. The first-order valence-electron chi connectivity index (χ1n) is 5.87. The van der Waals surface area contributed by atoms with Crippen molar-refractivity contribution in [3.05, 3.63) is 23.8 Å². The van der Waals surface area contributed by atoms with Gasteiger partial charge >= 0.3 is 0 Å². The molecule has 1 saturated heterocycles. The highest BCUT2D eigenvalue weighted by atomic mass is 32.2. The fourth-order valence-corrected chi connectivity index (χ4v) is 3.99. The lowest BCUT2D eigenvalue weighted by Crippen LogP contribution is -2.33. The largest absolute Gasteiger partial charge is 0.495 e. The zero-order valence-corrected chi connectivity index (χ0v) is 11.4. The Morgan fingerprint density at radius 3 is 2.78 bits per heavy atom.